The quantitative estimate of drug-likeness (QED) is 0.404. The van der Waals surface area contributed by atoms with Crippen molar-refractivity contribution in [3.8, 4) is 0 Å². The molecule has 0 aromatic carbocycles. The lowest BCUT2D eigenvalue weighted by Crippen LogP contribution is -2.34. The Morgan fingerprint density at radius 3 is 2.15 bits per heavy atom. The molecule has 0 saturated heterocycles. The molecule has 0 spiro atoms. The number of aliphatic hydroxyl groups is 1. The van der Waals surface area contributed by atoms with Gasteiger partial charge < -0.3 is 14.2 Å². The van der Waals surface area contributed by atoms with E-state index in [1.54, 1.807) is 0 Å². The maximum absolute atomic E-state index is 11.5. The van der Waals surface area contributed by atoms with Gasteiger partial charge in [0.25, 0.3) is 0 Å². The fourth-order valence-corrected chi connectivity index (χ4v) is 2.02. The molecule has 0 heterocycles. The Morgan fingerprint density at radius 1 is 1.54 bits per heavy atom. The van der Waals surface area contributed by atoms with E-state index >= 15 is 0 Å². The standard InChI is InChI=1S/C5H12NO6P/c1-5(7,4-6(8)9)13(10,11-2)12-3/h7H,4H2,1-3H3. The van der Waals surface area contributed by atoms with E-state index in [0.717, 1.165) is 21.1 Å². The van der Waals surface area contributed by atoms with E-state index in [1.807, 2.05) is 0 Å². The predicted octanol–water partition coefficient (Wildman–Crippen LogP) is 0.457. The zero-order valence-electron chi connectivity index (χ0n) is 7.59. The zero-order valence-corrected chi connectivity index (χ0v) is 8.48. The average molecular weight is 213 g/mol. The van der Waals surface area contributed by atoms with Gasteiger partial charge in [0.05, 0.1) is 0 Å². The number of rotatable bonds is 5. The molecule has 1 atom stereocenters. The van der Waals surface area contributed by atoms with Crippen LogP contribution in [0.25, 0.3) is 0 Å². The molecule has 0 aromatic heterocycles. The van der Waals surface area contributed by atoms with Crippen LogP contribution in [0, 0.1) is 10.1 Å². The van der Waals surface area contributed by atoms with E-state index in [9.17, 15) is 19.8 Å². The molecule has 78 valence electrons. The zero-order chi connectivity index (χ0) is 10.7. The minimum atomic E-state index is -3.82. The van der Waals surface area contributed by atoms with Gasteiger partial charge in [-0.25, -0.2) is 0 Å². The smallest absolute Gasteiger partial charge is 0.368 e. The third-order valence-electron chi connectivity index (χ3n) is 1.50. The SMILES string of the molecule is COP(=O)(OC)C(C)(O)C[N+](=O)[O-]. The second kappa shape index (κ2) is 4.15. The highest BCUT2D eigenvalue weighted by molar-refractivity contribution is 7.55. The second-order valence-corrected chi connectivity index (χ2v) is 5.26. The maximum Gasteiger partial charge on any atom is 0.368 e. The van der Waals surface area contributed by atoms with Crippen molar-refractivity contribution in [3.63, 3.8) is 0 Å². The van der Waals surface area contributed by atoms with Crippen molar-refractivity contribution in [2.75, 3.05) is 20.8 Å². The van der Waals surface area contributed by atoms with Crippen LogP contribution in [0.1, 0.15) is 6.92 Å². The Morgan fingerprint density at radius 2 is 1.92 bits per heavy atom. The van der Waals surface area contributed by atoms with E-state index in [4.69, 9.17) is 0 Å². The van der Waals surface area contributed by atoms with Gasteiger partial charge in [-0.3, -0.25) is 14.7 Å². The van der Waals surface area contributed by atoms with Gasteiger partial charge in [-0.15, -0.1) is 0 Å². The third kappa shape index (κ3) is 2.73. The molecular weight excluding hydrogens is 201 g/mol. The van der Waals surface area contributed by atoms with Crippen LogP contribution in [0.3, 0.4) is 0 Å². The highest BCUT2D eigenvalue weighted by atomic mass is 31.2. The lowest BCUT2D eigenvalue weighted by atomic mass is 10.4. The first kappa shape index (κ1) is 12.5. The van der Waals surface area contributed by atoms with Gasteiger partial charge in [0.2, 0.25) is 11.9 Å². The summed E-state index contributed by atoms with van der Waals surface area (Å²) in [5.41, 5.74) is 0. The first-order valence-electron chi connectivity index (χ1n) is 3.35. The molecule has 0 fully saturated rings. The Labute approximate surface area is 75.3 Å². The maximum atomic E-state index is 11.5. The van der Waals surface area contributed by atoms with Crippen molar-refractivity contribution in [3.05, 3.63) is 10.1 Å². The van der Waals surface area contributed by atoms with E-state index in [-0.39, 0.29) is 0 Å². The number of hydrogen-bond donors (Lipinski definition) is 1. The van der Waals surface area contributed by atoms with Gasteiger partial charge in [-0.2, -0.15) is 0 Å². The molecule has 0 saturated carbocycles. The Hall–Kier alpha value is -0.490. The number of nitro groups is 1. The van der Waals surface area contributed by atoms with Crippen molar-refractivity contribution in [1.29, 1.82) is 0 Å². The van der Waals surface area contributed by atoms with Crippen molar-refractivity contribution in [2.45, 2.75) is 12.3 Å². The van der Waals surface area contributed by atoms with Crippen LogP contribution in [0.4, 0.5) is 0 Å². The molecule has 1 N–H and O–H groups in total. The normalized spacial score (nSPS) is 16.6. The summed E-state index contributed by atoms with van der Waals surface area (Å²) in [6.07, 6.45) is 0. The summed E-state index contributed by atoms with van der Waals surface area (Å²) in [5.74, 6) is 0. The lowest BCUT2D eigenvalue weighted by molar-refractivity contribution is -0.493. The molecule has 7 nitrogen and oxygen atoms in total. The van der Waals surface area contributed by atoms with Gasteiger partial charge in [0.1, 0.15) is 0 Å². The fraction of sp³-hybridized carbons (Fsp3) is 1.00. The van der Waals surface area contributed by atoms with Crippen LogP contribution < -0.4 is 0 Å². The molecule has 0 aromatic rings. The van der Waals surface area contributed by atoms with Crippen molar-refractivity contribution >= 4 is 7.60 Å². The summed E-state index contributed by atoms with van der Waals surface area (Å²) in [6.45, 7) is 0.134. The van der Waals surface area contributed by atoms with E-state index in [0.29, 0.717) is 0 Å². The molecule has 0 aliphatic carbocycles. The monoisotopic (exact) mass is 213 g/mol. The van der Waals surface area contributed by atoms with Crippen molar-refractivity contribution in [2.24, 2.45) is 0 Å². The molecule has 8 heteroatoms. The molecule has 0 rings (SSSR count). The van der Waals surface area contributed by atoms with Gasteiger partial charge in [0.15, 0.2) is 0 Å². The molecule has 0 aliphatic rings. The fourth-order valence-electron chi connectivity index (χ4n) is 0.799. The van der Waals surface area contributed by atoms with Crippen molar-refractivity contribution < 1.29 is 23.6 Å². The first-order chi connectivity index (χ1) is 5.79. The van der Waals surface area contributed by atoms with Crippen LogP contribution >= 0.6 is 7.60 Å². The highest BCUT2D eigenvalue weighted by Gasteiger charge is 2.49. The molecule has 13 heavy (non-hydrogen) atoms. The molecule has 1 unspecified atom stereocenters. The van der Waals surface area contributed by atoms with Crippen LogP contribution in [0.2, 0.25) is 0 Å². The second-order valence-electron chi connectivity index (χ2n) is 2.57. The third-order valence-corrected chi connectivity index (χ3v) is 3.78. The van der Waals surface area contributed by atoms with Gasteiger partial charge in [-0.05, 0) is 6.92 Å². The summed E-state index contributed by atoms with van der Waals surface area (Å²) < 4.78 is 20.4. The summed E-state index contributed by atoms with van der Waals surface area (Å²) in [4.78, 5) is 9.32. The Kier molecular flexibility index (Phi) is 3.99. The molecule has 0 radical (unpaired) electrons. The van der Waals surface area contributed by atoms with E-state index < -0.39 is 24.4 Å². The van der Waals surface area contributed by atoms with Crippen LogP contribution in [0.15, 0.2) is 0 Å². The summed E-state index contributed by atoms with van der Waals surface area (Å²) in [6, 6.07) is 0. The summed E-state index contributed by atoms with van der Waals surface area (Å²) >= 11 is 0. The average Bonchev–Trinajstić information content (AvgIpc) is 2.00. The van der Waals surface area contributed by atoms with E-state index in [1.165, 1.54) is 0 Å². The van der Waals surface area contributed by atoms with Crippen LogP contribution in [-0.2, 0) is 13.6 Å². The van der Waals surface area contributed by atoms with Crippen LogP contribution in [0.5, 0.6) is 0 Å². The summed E-state index contributed by atoms with van der Waals surface area (Å²) in [5, 5.41) is 17.4. The first-order valence-corrected chi connectivity index (χ1v) is 4.89. The van der Waals surface area contributed by atoms with Gasteiger partial charge >= 0.3 is 7.60 Å². The molecular formula is C5H12NO6P. The lowest BCUT2D eigenvalue weighted by Gasteiger charge is -2.25. The Balaban J connectivity index is 4.78. The molecule has 0 aliphatic heterocycles. The highest BCUT2D eigenvalue weighted by Crippen LogP contribution is 2.57. The summed E-state index contributed by atoms with van der Waals surface area (Å²) in [7, 11) is -1.72. The van der Waals surface area contributed by atoms with Crippen LogP contribution in [-0.4, -0.2) is 36.1 Å². The number of nitrogens with zero attached hydrogens (tertiary/aromatic N) is 1. The molecule has 0 amide bonds. The Bertz CT molecular complexity index is 231. The van der Waals surface area contributed by atoms with Gasteiger partial charge in [0, 0.05) is 19.1 Å². The molecule has 0 bridgehead atoms. The minimum Gasteiger partial charge on any atom is -0.373 e. The van der Waals surface area contributed by atoms with E-state index in [2.05, 4.69) is 9.05 Å². The predicted molar refractivity (Wildman–Crippen MR) is 44.1 cm³/mol. The number of hydrogen-bond acceptors (Lipinski definition) is 6. The topological polar surface area (TPSA) is 98.9 Å². The van der Waals surface area contributed by atoms with Crippen molar-refractivity contribution in [1.82, 2.24) is 0 Å². The van der Waals surface area contributed by atoms with Gasteiger partial charge in [-0.1, -0.05) is 0 Å². The largest absolute Gasteiger partial charge is 0.373 e. The minimum absolute atomic E-state index is 0.787.